The average molecular weight is 242 g/mol. The molecule has 1 aliphatic rings. The van der Waals surface area contributed by atoms with Crippen LogP contribution in [0.2, 0.25) is 0 Å². The van der Waals surface area contributed by atoms with Gasteiger partial charge in [0.2, 0.25) is 0 Å². The monoisotopic (exact) mass is 242 g/mol. The number of nitrogens with two attached hydrogens (primary N) is 1. The van der Waals surface area contributed by atoms with Crippen molar-refractivity contribution in [3.05, 3.63) is 0 Å². The second-order valence-corrected chi connectivity index (χ2v) is 3.33. The van der Waals surface area contributed by atoms with Crippen molar-refractivity contribution in [2.75, 3.05) is 0 Å². The summed E-state index contributed by atoms with van der Waals surface area (Å²) in [6.07, 6.45) is -5.85. The van der Waals surface area contributed by atoms with Gasteiger partial charge in [0.25, 0.3) is 0 Å². The maximum atomic E-state index is 12.9. The lowest BCUT2D eigenvalue weighted by atomic mass is 9.94. The third-order valence-electron chi connectivity index (χ3n) is 2.31. The molecule has 4 nitrogen and oxygen atoms in total. The first-order chi connectivity index (χ1) is 7.01. The van der Waals surface area contributed by atoms with Crippen molar-refractivity contribution in [3.8, 4) is 0 Å². The lowest BCUT2D eigenvalue weighted by molar-refractivity contribution is -0.294. The molecular formula is C7H7F5N4. The van der Waals surface area contributed by atoms with Gasteiger partial charge in [0, 0.05) is 0 Å². The first-order valence-corrected chi connectivity index (χ1v) is 3.98. The van der Waals surface area contributed by atoms with E-state index >= 15 is 0 Å². The van der Waals surface area contributed by atoms with Gasteiger partial charge in [0.15, 0.2) is 0 Å². The molecule has 2 atom stereocenters. The molecule has 1 aliphatic carbocycles. The highest BCUT2D eigenvalue weighted by Crippen LogP contribution is 2.44. The van der Waals surface area contributed by atoms with Gasteiger partial charge in [-0.2, -0.15) is 22.0 Å². The topological polar surface area (TPSA) is 97.6 Å². The van der Waals surface area contributed by atoms with Gasteiger partial charge in [0.1, 0.15) is 0 Å². The lowest BCUT2D eigenvalue weighted by Gasteiger charge is -2.27. The summed E-state index contributed by atoms with van der Waals surface area (Å²) in [6, 6.07) is -1.98. The molecule has 16 heavy (non-hydrogen) atoms. The molecule has 1 saturated carbocycles. The minimum Gasteiger partial charge on any atom is -0.322 e. The van der Waals surface area contributed by atoms with Gasteiger partial charge in [-0.3, -0.25) is 5.41 Å². The number of rotatable bonds is 1. The van der Waals surface area contributed by atoms with Crippen LogP contribution in [-0.2, 0) is 0 Å². The Morgan fingerprint density at radius 1 is 0.938 bits per heavy atom. The molecule has 0 heterocycles. The molecule has 0 spiro atoms. The predicted molar refractivity (Wildman–Crippen MR) is 45.6 cm³/mol. The number of nitrogens with one attached hydrogen (secondary N) is 3. The molecule has 0 aliphatic heterocycles. The van der Waals surface area contributed by atoms with E-state index in [0.29, 0.717) is 0 Å². The van der Waals surface area contributed by atoms with Crippen LogP contribution in [0.5, 0.6) is 0 Å². The molecule has 0 aromatic carbocycles. The normalized spacial score (nSPS) is 27.8. The highest BCUT2D eigenvalue weighted by atomic mass is 19.4. The number of alkyl halides is 5. The first kappa shape index (κ1) is 12.7. The summed E-state index contributed by atoms with van der Waals surface area (Å²) < 4.78 is 62.0. The SMILES string of the molecule is N=C1C(=N)C(N)C(C(F)(F)C(F)(F)F)C1=N. The lowest BCUT2D eigenvalue weighted by Crippen LogP contribution is -2.52. The quantitative estimate of drug-likeness (QED) is 0.510. The van der Waals surface area contributed by atoms with E-state index in [-0.39, 0.29) is 0 Å². The van der Waals surface area contributed by atoms with Crippen molar-refractivity contribution >= 4 is 17.1 Å². The van der Waals surface area contributed by atoms with Crippen molar-refractivity contribution in [1.29, 1.82) is 16.2 Å². The van der Waals surface area contributed by atoms with Crippen LogP contribution in [0.4, 0.5) is 22.0 Å². The van der Waals surface area contributed by atoms with Gasteiger partial charge in [-0.25, -0.2) is 0 Å². The van der Waals surface area contributed by atoms with Crippen molar-refractivity contribution in [3.63, 3.8) is 0 Å². The number of hydrogen-bond donors (Lipinski definition) is 4. The van der Waals surface area contributed by atoms with Crippen molar-refractivity contribution < 1.29 is 22.0 Å². The van der Waals surface area contributed by atoms with Crippen LogP contribution in [0.3, 0.4) is 0 Å². The maximum Gasteiger partial charge on any atom is 0.454 e. The predicted octanol–water partition coefficient (Wildman–Crippen LogP) is 1.20. The Kier molecular flexibility index (Phi) is 2.62. The Hall–Kier alpha value is -1.38. The standard InChI is InChI=1S/C7H7F5N4/c8-6(9,7(10,11)12)1-2(13)4(15)5(16)3(1)14/h1-2,14-16H,13H2. The Bertz CT molecular complexity index is 371. The summed E-state index contributed by atoms with van der Waals surface area (Å²) in [5, 5.41) is 21.0. The van der Waals surface area contributed by atoms with Gasteiger partial charge in [-0.15, -0.1) is 0 Å². The third-order valence-corrected chi connectivity index (χ3v) is 2.31. The van der Waals surface area contributed by atoms with Crippen LogP contribution in [0.1, 0.15) is 0 Å². The fourth-order valence-corrected chi connectivity index (χ4v) is 1.40. The summed E-state index contributed by atoms with van der Waals surface area (Å²) in [4.78, 5) is 0. The molecule has 0 aromatic rings. The van der Waals surface area contributed by atoms with E-state index in [9.17, 15) is 22.0 Å². The number of hydrogen-bond acceptors (Lipinski definition) is 4. The molecule has 90 valence electrons. The fraction of sp³-hybridized carbons (Fsp3) is 0.571. The van der Waals surface area contributed by atoms with Gasteiger partial charge >= 0.3 is 12.1 Å². The zero-order chi connectivity index (χ0) is 12.9. The molecular weight excluding hydrogens is 235 g/mol. The molecule has 2 unspecified atom stereocenters. The molecule has 1 rings (SSSR count). The Labute approximate surface area is 86.1 Å². The summed E-state index contributed by atoms with van der Waals surface area (Å²) in [7, 11) is 0. The summed E-state index contributed by atoms with van der Waals surface area (Å²) >= 11 is 0. The van der Waals surface area contributed by atoms with E-state index in [4.69, 9.17) is 22.0 Å². The minimum absolute atomic E-state index is 0.876. The van der Waals surface area contributed by atoms with E-state index in [1.165, 1.54) is 0 Å². The highest BCUT2D eigenvalue weighted by Gasteiger charge is 2.67. The molecule has 0 amide bonds. The van der Waals surface area contributed by atoms with Gasteiger partial charge in [0.05, 0.1) is 29.1 Å². The van der Waals surface area contributed by atoms with E-state index < -0.39 is 41.2 Å². The van der Waals surface area contributed by atoms with Crippen molar-refractivity contribution in [1.82, 2.24) is 0 Å². The smallest absolute Gasteiger partial charge is 0.322 e. The van der Waals surface area contributed by atoms with Gasteiger partial charge < -0.3 is 16.6 Å². The van der Waals surface area contributed by atoms with Crippen molar-refractivity contribution in [2.45, 2.75) is 18.1 Å². The minimum atomic E-state index is -5.85. The van der Waals surface area contributed by atoms with Gasteiger partial charge in [-0.05, 0) is 0 Å². The van der Waals surface area contributed by atoms with Crippen LogP contribution in [0, 0.1) is 22.1 Å². The molecule has 5 N–H and O–H groups in total. The van der Waals surface area contributed by atoms with E-state index in [1.807, 2.05) is 0 Å². The van der Waals surface area contributed by atoms with Crippen LogP contribution in [0.25, 0.3) is 0 Å². The molecule has 0 radical (unpaired) electrons. The first-order valence-electron chi connectivity index (χ1n) is 3.98. The van der Waals surface area contributed by atoms with Crippen LogP contribution >= 0.6 is 0 Å². The maximum absolute atomic E-state index is 12.9. The van der Waals surface area contributed by atoms with Gasteiger partial charge in [-0.1, -0.05) is 0 Å². The number of halogens is 5. The molecule has 0 bridgehead atoms. The molecule has 0 aromatic heterocycles. The zero-order valence-electron chi connectivity index (χ0n) is 7.62. The van der Waals surface area contributed by atoms with Crippen LogP contribution < -0.4 is 5.73 Å². The highest BCUT2D eigenvalue weighted by molar-refractivity contribution is 6.71. The second kappa shape index (κ2) is 3.30. The fourth-order valence-electron chi connectivity index (χ4n) is 1.40. The zero-order valence-corrected chi connectivity index (χ0v) is 7.62. The van der Waals surface area contributed by atoms with Crippen LogP contribution in [0.15, 0.2) is 0 Å². The van der Waals surface area contributed by atoms with E-state index in [1.54, 1.807) is 0 Å². The third kappa shape index (κ3) is 1.51. The summed E-state index contributed by atoms with van der Waals surface area (Å²) in [6.45, 7) is 0. The Balaban J connectivity index is 3.21. The van der Waals surface area contributed by atoms with Crippen molar-refractivity contribution in [2.24, 2.45) is 11.7 Å². The largest absolute Gasteiger partial charge is 0.454 e. The van der Waals surface area contributed by atoms with E-state index in [2.05, 4.69) is 0 Å². The van der Waals surface area contributed by atoms with E-state index in [0.717, 1.165) is 0 Å². The Morgan fingerprint density at radius 2 is 1.38 bits per heavy atom. The second-order valence-electron chi connectivity index (χ2n) is 3.33. The average Bonchev–Trinajstić information content (AvgIpc) is 2.29. The summed E-state index contributed by atoms with van der Waals surface area (Å²) in [5.74, 6) is -7.90. The molecule has 0 saturated heterocycles. The summed E-state index contributed by atoms with van der Waals surface area (Å²) in [5.41, 5.74) is 1.90. The Morgan fingerprint density at radius 3 is 1.62 bits per heavy atom. The molecule has 1 fully saturated rings. The van der Waals surface area contributed by atoms with Crippen LogP contribution in [-0.4, -0.2) is 35.3 Å². The molecule has 9 heteroatoms.